The number of nitrogens with one attached hydrogen (secondary N) is 2. The van der Waals surface area contributed by atoms with E-state index in [1.54, 1.807) is 11.3 Å². The van der Waals surface area contributed by atoms with Crippen molar-refractivity contribution in [2.75, 3.05) is 6.54 Å². The maximum Gasteiger partial charge on any atom is 0.234 e. The molecule has 0 atom stereocenters. The van der Waals surface area contributed by atoms with Crippen molar-refractivity contribution in [1.82, 2.24) is 15.6 Å². The Morgan fingerprint density at radius 1 is 1.62 bits per heavy atom. The van der Waals surface area contributed by atoms with E-state index in [0.29, 0.717) is 19.1 Å². The van der Waals surface area contributed by atoms with Crippen LogP contribution in [-0.4, -0.2) is 23.5 Å². The van der Waals surface area contributed by atoms with Crippen LogP contribution in [-0.2, 0) is 17.8 Å². The predicted octanol–water partition coefficient (Wildman–Crippen LogP) is 1.07. The lowest BCUT2D eigenvalue weighted by molar-refractivity contribution is -0.120. The number of aromatic nitrogens is 1. The molecule has 88 valence electrons. The molecule has 16 heavy (non-hydrogen) atoms. The van der Waals surface area contributed by atoms with Gasteiger partial charge < -0.3 is 10.6 Å². The number of hydrogen-bond donors (Lipinski definition) is 2. The Kier molecular flexibility index (Phi) is 3.90. The zero-order valence-electron chi connectivity index (χ0n) is 9.45. The molecular formula is C11H17N3OS. The Hall–Kier alpha value is -0.940. The molecule has 5 heteroatoms. The quantitative estimate of drug-likeness (QED) is 0.781. The van der Waals surface area contributed by atoms with Crippen LogP contribution in [0.4, 0.5) is 0 Å². The summed E-state index contributed by atoms with van der Waals surface area (Å²) in [5.41, 5.74) is 0. The fourth-order valence-electron chi connectivity index (χ4n) is 1.35. The van der Waals surface area contributed by atoms with Crippen LogP contribution in [0.1, 0.15) is 29.7 Å². The topological polar surface area (TPSA) is 54.0 Å². The van der Waals surface area contributed by atoms with Gasteiger partial charge in [-0.2, -0.15) is 0 Å². The molecule has 1 saturated carbocycles. The average Bonchev–Trinajstić information content (AvgIpc) is 3.01. The summed E-state index contributed by atoms with van der Waals surface area (Å²) in [6.45, 7) is 3.09. The van der Waals surface area contributed by atoms with Crippen molar-refractivity contribution in [2.24, 2.45) is 0 Å². The zero-order valence-corrected chi connectivity index (χ0v) is 10.3. The number of rotatable bonds is 6. The third kappa shape index (κ3) is 3.57. The molecule has 0 aliphatic heterocycles. The van der Waals surface area contributed by atoms with Gasteiger partial charge in [-0.15, -0.1) is 11.3 Å². The number of carbonyl (C=O) groups excluding carboxylic acids is 1. The van der Waals surface area contributed by atoms with Gasteiger partial charge in [-0.05, 0) is 19.3 Å². The molecule has 0 bridgehead atoms. The van der Waals surface area contributed by atoms with Crippen LogP contribution in [0.25, 0.3) is 0 Å². The van der Waals surface area contributed by atoms with E-state index >= 15 is 0 Å². The summed E-state index contributed by atoms with van der Waals surface area (Å²) in [5.74, 6) is 0.0557. The molecule has 2 N–H and O–H groups in total. The highest BCUT2D eigenvalue weighted by Crippen LogP contribution is 2.18. The minimum absolute atomic E-state index is 0.0557. The average molecular weight is 239 g/mol. The summed E-state index contributed by atoms with van der Waals surface area (Å²) in [4.78, 5) is 16.9. The van der Waals surface area contributed by atoms with Gasteiger partial charge in [0.15, 0.2) is 0 Å². The SMILES string of the molecule is CCc1cnc(CNC(=O)CNC2CC2)s1. The summed E-state index contributed by atoms with van der Waals surface area (Å²) in [6, 6.07) is 0.581. The molecule has 0 spiro atoms. The summed E-state index contributed by atoms with van der Waals surface area (Å²) < 4.78 is 0. The number of aryl methyl sites for hydroxylation is 1. The third-order valence-electron chi connectivity index (χ3n) is 2.52. The maximum absolute atomic E-state index is 11.4. The highest BCUT2D eigenvalue weighted by atomic mass is 32.1. The van der Waals surface area contributed by atoms with E-state index in [4.69, 9.17) is 0 Å². The number of nitrogens with zero attached hydrogens (tertiary/aromatic N) is 1. The van der Waals surface area contributed by atoms with Crippen LogP contribution < -0.4 is 10.6 Å². The standard InChI is InChI=1S/C11H17N3OS/c1-2-9-5-14-11(16-9)7-13-10(15)6-12-8-3-4-8/h5,8,12H,2-4,6-7H2,1H3,(H,13,15). The van der Waals surface area contributed by atoms with Crippen molar-refractivity contribution in [3.05, 3.63) is 16.1 Å². The molecule has 1 aromatic rings. The van der Waals surface area contributed by atoms with Gasteiger partial charge in [0.1, 0.15) is 5.01 Å². The second-order valence-electron chi connectivity index (χ2n) is 4.01. The minimum Gasteiger partial charge on any atom is -0.348 e. The van der Waals surface area contributed by atoms with Crippen molar-refractivity contribution in [1.29, 1.82) is 0 Å². The Balaban J connectivity index is 1.67. The summed E-state index contributed by atoms with van der Waals surface area (Å²) >= 11 is 1.67. The van der Waals surface area contributed by atoms with Gasteiger partial charge >= 0.3 is 0 Å². The van der Waals surface area contributed by atoms with Gasteiger partial charge in [0.25, 0.3) is 0 Å². The van der Waals surface area contributed by atoms with E-state index in [0.717, 1.165) is 11.4 Å². The monoisotopic (exact) mass is 239 g/mol. The smallest absolute Gasteiger partial charge is 0.234 e. The van der Waals surface area contributed by atoms with Crippen LogP contribution in [0.2, 0.25) is 0 Å². The maximum atomic E-state index is 11.4. The first kappa shape index (κ1) is 11.5. The Labute approximate surface area is 99.5 Å². The summed E-state index contributed by atoms with van der Waals surface area (Å²) in [6.07, 6.45) is 5.31. The first-order valence-electron chi connectivity index (χ1n) is 5.71. The first-order valence-corrected chi connectivity index (χ1v) is 6.53. The van der Waals surface area contributed by atoms with E-state index < -0.39 is 0 Å². The molecule has 1 aliphatic rings. The van der Waals surface area contributed by atoms with Crippen molar-refractivity contribution in [3.8, 4) is 0 Å². The molecular weight excluding hydrogens is 222 g/mol. The predicted molar refractivity (Wildman–Crippen MR) is 64.4 cm³/mol. The Morgan fingerprint density at radius 3 is 3.06 bits per heavy atom. The molecule has 0 unspecified atom stereocenters. The molecule has 2 rings (SSSR count). The molecule has 1 aliphatic carbocycles. The van der Waals surface area contributed by atoms with E-state index in [1.165, 1.54) is 17.7 Å². The van der Waals surface area contributed by atoms with E-state index in [2.05, 4.69) is 22.5 Å². The lowest BCUT2D eigenvalue weighted by Crippen LogP contribution is -2.34. The van der Waals surface area contributed by atoms with Gasteiger partial charge in [-0.3, -0.25) is 4.79 Å². The molecule has 0 saturated heterocycles. The highest BCUT2D eigenvalue weighted by Gasteiger charge is 2.20. The zero-order chi connectivity index (χ0) is 11.4. The van der Waals surface area contributed by atoms with E-state index in [-0.39, 0.29) is 5.91 Å². The van der Waals surface area contributed by atoms with E-state index in [1.807, 2.05) is 6.20 Å². The van der Waals surface area contributed by atoms with Gasteiger partial charge in [-0.25, -0.2) is 4.98 Å². The minimum atomic E-state index is 0.0557. The Bertz CT molecular complexity index is 360. The van der Waals surface area contributed by atoms with Crippen LogP contribution in [0.3, 0.4) is 0 Å². The van der Waals surface area contributed by atoms with Crippen molar-refractivity contribution >= 4 is 17.2 Å². The second-order valence-corrected chi connectivity index (χ2v) is 5.21. The van der Waals surface area contributed by atoms with Gasteiger partial charge in [0.2, 0.25) is 5.91 Å². The fraction of sp³-hybridized carbons (Fsp3) is 0.636. The molecule has 1 heterocycles. The van der Waals surface area contributed by atoms with Gasteiger partial charge in [0.05, 0.1) is 13.1 Å². The van der Waals surface area contributed by atoms with Crippen LogP contribution in [0.15, 0.2) is 6.20 Å². The molecule has 0 radical (unpaired) electrons. The molecule has 1 amide bonds. The van der Waals surface area contributed by atoms with Crippen molar-refractivity contribution in [2.45, 2.75) is 38.8 Å². The first-order chi connectivity index (χ1) is 7.78. The fourth-order valence-corrected chi connectivity index (χ4v) is 2.16. The van der Waals surface area contributed by atoms with Crippen LogP contribution in [0, 0.1) is 0 Å². The lowest BCUT2D eigenvalue weighted by atomic mass is 10.4. The highest BCUT2D eigenvalue weighted by molar-refractivity contribution is 7.11. The third-order valence-corrected chi connectivity index (χ3v) is 3.66. The Morgan fingerprint density at radius 2 is 2.44 bits per heavy atom. The molecule has 1 aromatic heterocycles. The molecule has 4 nitrogen and oxygen atoms in total. The van der Waals surface area contributed by atoms with Gasteiger partial charge in [-0.1, -0.05) is 6.92 Å². The van der Waals surface area contributed by atoms with E-state index in [9.17, 15) is 4.79 Å². The second kappa shape index (κ2) is 5.41. The molecule has 0 aromatic carbocycles. The largest absolute Gasteiger partial charge is 0.348 e. The molecule has 1 fully saturated rings. The number of hydrogen-bond acceptors (Lipinski definition) is 4. The number of amides is 1. The van der Waals surface area contributed by atoms with Crippen LogP contribution >= 0.6 is 11.3 Å². The number of thiazole rings is 1. The van der Waals surface area contributed by atoms with Crippen molar-refractivity contribution < 1.29 is 4.79 Å². The number of carbonyl (C=O) groups is 1. The lowest BCUT2D eigenvalue weighted by Gasteiger charge is -2.03. The summed E-state index contributed by atoms with van der Waals surface area (Å²) in [7, 11) is 0. The van der Waals surface area contributed by atoms with Crippen molar-refractivity contribution in [3.63, 3.8) is 0 Å². The summed E-state index contributed by atoms with van der Waals surface area (Å²) in [5, 5.41) is 7.03. The normalized spacial score (nSPS) is 15.1. The van der Waals surface area contributed by atoms with Crippen LogP contribution in [0.5, 0.6) is 0 Å². The van der Waals surface area contributed by atoms with Gasteiger partial charge in [0, 0.05) is 17.1 Å².